The smallest absolute Gasteiger partial charge is 0.271 e. The van der Waals surface area contributed by atoms with Gasteiger partial charge in [-0.05, 0) is 60.3 Å². The maximum absolute atomic E-state index is 13.2. The highest BCUT2D eigenvalue weighted by Crippen LogP contribution is 2.44. The number of nitrogens with zero attached hydrogens (tertiary/aromatic N) is 2. The van der Waals surface area contributed by atoms with Crippen LogP contribution in [0, 0.1) is 0 Å². The van der Waals surface area contributed by atoms with Crippen LogP contribution in [0.2, 0.25) is 0 Å². The van der Waals surface area contributed by atoms with Crippen LogP contribution in [0.4, 0.5) is 0 Å². The second-order valence-corrected chi connectivity index (χ2v) is 8.39. The van der Waals surface area contributed by atoms with E-state index in [9.17, 15) is 9.59 Å². The number of rotatable bonds is 3. The molecule has 1 N–H and O–H groups in total. The van der Waals surface area contributed by atoms with E-state index < -0.39 is 0 Å². The van der Waals surface area contributed by atoms with Crippen molar-refractivity contribution in [3.63, 3.8) is 0 Å². The zero-order valence-electron chi connectivity index (χ0n) is 16.1. The third kappa shape index (κ3) is 2.39. The number of pyridine rings is 2. The van der Waals surface area contributed by atoms with Crippen molar-refractivity contribution in [1.82, 2.24) is 13.9 Å². The van der Waals surface area contributed by atoms with Crippen molar-refractivity contribution in [1.29, 1.82) is 0 Å². The van der Waals surface area contributed by atoms with Gasteiger partial charge in [0.05, 0.1) is 23.5 Å². The molecule has 0 bridgehead atoms. The molecule has 148 valence electrons. The minimum absolute atomic E-state index is 0.242. The zero-order valence-corrected chi connectivity index (χ0v) is 17.0. The van der Waals surface area contributed by atoms with Gasteiger partial charge < -0.3 is 9.30 Å². The van der Waals surface area contributed by atoms with E-state index in [0.29, 0.717) is 16.0 Å². The lowest BCUT2D eigenvalue weighted by Gasteiger charge is -2.17. The van der Waals surface area contributed by atoms with Gasteiger partial charge in [-0.2, -0.15) is 0 Å². The fraction of sp³-hybridized carbons (Fsp3) is 0.174. The average molecular weight is 415 g/mol. The Balaban J connectivity index is 1.75. The molecule has 5 aromatic rings. The predicted molar refractivity (Wildman–Crippen MR) is 120 cm³/mol. The Labute approximate surface area is 174 Å². The summed E-state index contributed by atoms with van der Waals surface area (Å²) in [4.78, 5) is 30.6. The van der Waals surface area contributed by atoms with Crippen molar-refractivity contribution in [2.75, 3.05) is 7.11 Å². The van der Waals surface area contributed by atoms with Crippen molar-refractivity contribution >= 4 is 43.6 Å². The first kappa shape index (κ1) is 17.4. The van der Waals surface area contributed by atoms with Crippen LogP contribution in [0.25, 0.3) is 43.1 Å². The number of ether oxygens (including phenoxy) is 1. The van der Waals surface area contributed by atoms with E-state index in [2.05, 4.69) is 20.0 Å². The molecule has 0 radical (unpaired) electrons. The highest BCUT2D eigenvalue weighted by molar-refractivity contribution is 7.12. The molecule has 6 rings (SSSR count). The second-order valence-electron chi connectivity index (χ2n) is 7.60. The third-order valence-corrected chi connectivity index (χ3v) is 6.66. The molecule has 0 aliphatic heterocycles. The van der Waals surface area contributed by atoms with Crippen molar-refractivity contribution in [3.8, 4) is 16.9 Å². The quantitative estimate of drug-likeness (QED) is 0.472. The molecule has 1 fully saturated rings. The first-order valence-corrected chi connectivity index (χ1v) is 10.6. The summed E-state index contributed by atoms with van der Waals surface area (Å²) in [5.41, 5.74) is 3.03. The molecule has 6 nitrogen and oxygen atoms in total. The summed E-state index contributed by atoms with van der Waals surface area (Å²) in [6.07, 6.45) is 3.82. The fourth-order valence-corrected chi connectivity index (χ4v) is 5.17. The van der Waals surface area contributed by atoms with Crippen molar-refractivity contribution < 1.29 is 4.74 Å². The molecule has 1 saturated carbocycles. The Morgan fingerprint density at radius 3 is 2.83 bits per heavy atom. The molecule has 3 heterocycles. The van der Waals surface area contributed by atoms with Crippen molar-refractivity contribution in [3.05, 3.63) is 69.2 Å². The van der Waals surface area contributed by atoms with Crippen LogP contribution < -0.4 is 15.7 Å². The fourth-order valence-electron chi connectivity index (χ4n) is 4.25. The highest BCUT2D eigenvalue weighted by atomic mass is 32.1. The van der Waals surface area contributed by atoms with Gasteiger partial charge in [0.15, 0.2) is 5.75 Å². The van der Waals surface area contributed by atoms with Gasteiger partial charge >= 0.3 is 0 Å². The molecule has 30 heavy (non-hydrogen) atoms. The van der Waals surface area contributed by atoms with E-state index >= 15 is 0 Å². The molecule has 2 aromatic carbocycles. The monoisotopic (exact) mass is 415 g/mol. The standard InChI is InChI=1S/C23H17N3O3S/c1-29-21-15(12-4-9-17-13(11-12)3-2-10-24-17)7-8-16-19(21)26(14-5-6-14)23-18(20(16)27)22(28)25-30-23/h2-4,7-11,14H,5-6H2,1H3,(H,25,28). The molecule has 1 aliphatic carbocycles. The van der Waals surface area contributed by atoms with Crippen LogP contribution in [-0.4, -0.2) is 21.0 Å². The molecule has 1 aliphatic rings. The van der Waals surface area contributed by atoms with E-state index in [1.54, 1.807) is 13.3 Å². The maximum Gasteiger partial charge on any atom is 0.271 e. The van der Waals surface area contributed by atoms with Crippen LogP contribution in [0.1, 0.15) is 18.9 Å². The molecule has 3 aromatic heterocycles. The largest absolute Gasteiger partial charge is 0.494 e. The van der Waals surface area contributed by atoms with E-state index in [-0.39, 0.29) is 22.4 Å². The Hall–Kier alpha value is -3.45. The van der Waals surface area contributed by atoms with Gasteiger partial charge in [0.1, 0.15) is 10.2 Å². The molecule has 7 heteroatoms. The molecule has 0 spiro atoms. The van der Waals surface area contributed by atoms with Gasteiger partial charge in [0.2, 0.25) is 5.43 Å². The van der Waals surface area contributed by atoms with Gasteiger partial charge in [0.25, 0.3) is 5.56 Å². The highest BCUT2D eigenvalue weighted by Gasteiger charge is 2.30. The Morgan fingerprint density at radius 1 is 1.17 bits per heavy atom. The van der Waals surface area contributed by atoms with Crippen LogP contribution in [0.3, 0.4) is 0 Å². The SMILES string of the molecule is COc1c(-c2ccc3ncccc3c2)ccc2c(=O)c3c(=O)[nH]sc3n(C3CC3)c12. The summed E-state index contributed by atoms with van der Waals surface area (Å²) in [6.45, 7) is 0. The number of aromatic amines is 1. The Bertz CT molecular complexity index is 1590. The van der Waals surface area contributed by atoms with Crippen molar-refractivity contribution in [2.45, 2.75) is 18.9 Å². The molecule has 0 atom stereocenters. The number of benzene rings is 2. The van der Waals surface area contributed by atoms with Gasteiger partial charge in [0, 0.05) is 23.2 Å². The number of hydrogen-bond acceptors (Lipinski definition) is 5. The summed E-state index contributed by atoms with van der Waals surface area (Å²) in [7, 11) is 1.63. The first-order valence-electron chi connectivity index (χ1n) is 9.79. The van der Waals surface area contributed by atoms with E-state index in [0.717, 1.165) is 40.4 Å². The number of hydrogen-bond donors (Lipinski definition) is 1. The molecular weight excluding hydrogens is 398 g/mol. The molecule has 0 unspecified atom stereocenters. The van der Waals surface area contributed by atoms with E-state index in [1.165, 1.54) is 11.5 Å². The lowest BCUT2D eigenvalue weighted by Crippen LogP contribution is -2.15. The maximum atomic E-state index is 13.2. The summed E-state index contributed by atoms with van der Waals surface area (Å²) in [5.74, 6) is 0.655. The average Bonchev–Trinajstić information content (AvgIpc) is 3.54. The number of H-pyrrole nitrogens is 1. The number of aromatic nitrogens is 3. The van der Waals surface area contributed by atoms with Crippen LogP contribution >= 0.6 is 11.5 Å². The summed E-state index contributed by atoms with van der Waals surface area (Å²) in [5, 5.41) is 1.79. The van der Waals surface area contributed by atoms with E-state index in [1.807, 2.05) is 36.4 Å². The predicted octanol–water partition coefficient (Wildman–Crippen LogP) is 4.46. The minimum atomic E-state index is -0.318. The van der Waals surface area contributed by atoms with Gasteiger partial charge in [-0.15, -0.1) is 0 Å². The second kappa shape index (κ2) is 6.27. The third-order valence-electron chi connectivity index (χ3n) is 5.77. The number of methoxy groups -OCH3 is 1. The number of fused-ring (bicyclic) bond motifs is 3. The van der Waals surface area contributed by atoms with Gasteiger partial charge in [-0.25, -0.2) is 0 Å². The van der Waals surface area contributed by atoms with Gasteiger partial charge in [-0.1, -0.05) is 12.1 Å². The molecular formula is C23H17N3O3S. The van der Waals surface area contributed by atoms with Gasteiger partial charge in [-0.3, -0.25) is 18.9 Å². The summed E-state index contributed by atoms with van der Waals surface area (Å²) >= 11 is 1.22. The molecule has 0 amide bonds. The van der Waals surface area contributed by atoms with Crippen molar-refractivity contribution in [2.24, 2.45) is 0 Å². The summed E-state index contributed by atoms with van der Waals surface area (Å²) in [6, 6.07) is 14.0. The van der Waals surface area contributed by atoms with Crippen LogP contribution in [-0.2, 0) is 0 Å². The summed E-state index contributed by atoms with van der Waals surface area (Å²) < 4.78 is 10.8. The topological polar surface area (TPSA) is 77.0 Å². The normalized spacial score (nSPS) is 14.0. The zero-order chi connectivity index (χ0) is 20.4. The first-order chi connectivity index (χ1) is 14.7. The lowest BCUT2D eigenvalue weighted by molar-refractivity contribution is 0.419. The molecule has 0 saturated heterocycles. The minimum Gasteiger partial charge on any atom is -0.494 e. The Kier molecular flexibility index (Phi) is 3.64. The van der Waals surface area contributed by atoms with Crippen LogP contribution in [0.5, 0.6) is 5.75 Å². The Morgan fingerprint density at radius 2 is 2.03 bits per heavy atom. The van der Waals surface area contributed by atoms with Crippen LogP contribution in [0.15, 0.2) is 58.3 Å². The van der Waals surface area contributed by atoms with E-state index in [4.69, 9.17) is 4.74 Å². The lowest BCUT2D eigenvalue weighted by atomic mass is 9.99. The number of nitrogens with one attached hydrogen (secondary N) is 1.